The Kier molecular flexibility index (Phi) is 5.39. The highest BCUT2D eigenvalue weighted by Gasteiger charge is 2.66. The van der Waals surface area contributed by atoms with Crippen LogP contribution in [0.5, 0.6) is 0 Å². The summed E-state index contributed by atoms with van der Waals surface area (Å²) >= 11 is 0. The molecule has 0 heterocycles. The zero-order valence-electron chi connectivity index (χ0n) is 19.6. The highest BCUT2D eigenvalue weighted by molar-refractivity contribution is 5.94. The molecule has 4 aliphatic carbocycles. The predicted octanol–water partition coefficient (Wildman–Crippen LogP) is 4.68. The Morgan fingerprint density at radius 2 is 1.73 bits per heavy atom. The lowest BCUT2D eigenvalue weighted by molar-refractivity contribution is -0.164. The number of Topliss-reactive ketones (excluding diaryl/α,β-unsaturated/α-hetero) is 1. The van der Waals surface area contributed by atoms with Crippen molar-refractivity contribution in [3.05, 3.63) is 47.5 Å². The second-order valence-corrected chi connectivity index (χ2v) is 11.2. The van der Waals surface area contributed by atoms with E-state index in [0.717, 1.165) is 38.5 Å². The number of rotatable bonds is 4. The van der Waals surface area contributed by atoms with E-state index in [0.29, 0.717) is 30.2 Å². The lowest BCUT2D eigenvalue weighted by Gasteiger charge is -2.58. The molecule has 6 unspecified atom stereocenters. The maximum atomic E-state index is 13.3. The molecule has 5 nitrogen and oxygen atoms in total. The molecule has 0 spiro atoms. The van der Waals surface area contributed by atoms with Gasteiger partial charge in [0, 0.05) is 11.8 Å². The van der Waals surface area contributed by atoms with Crippen LogP contribution in [-0.2, 0) is 14.3 Å². The molecule has 6 atom stereocenters. The number of carbonyl (C=O) groups is 3. The van der Waals surface area contributed by atoms with E-state index >= 15 is 0 Å². The molecule has 0 bridgehead atoms. The summed E-state index contributed by atoms with van der Waals surface area (Å²) in [7, 11) is 0. The Morgan fingerprint density at radius 1 is 1.00 bits per heavy atom. The Labute approximate surface area is 195 Å². The Balaban J connectivity index is 1.33. The summed E-state index contributed by atoms with van der Waals surface area (Å²) in [5.41, 5.74) is -0.181. The fourth-order valence-corrected chi connectivity index (χ4v) is 7.94. The molecule has 1 aromatic carbocycles. The summed E-state index contributed by atoms with van der Waals surface area (Å²) in [6.45, 7) is 4.02. The monoisotopic (exact) mass is 450 g/mol. The van der Waals surface area contributed by atoms with Crippen molar-refractivity contribution in [2.45, 2.75) is 70.8 Å². The molecule has 4 aliphatic rings. The summed E-state index contributed by atoms with van der Waals surface area (Å²) in [4.78, 5) is 37.6. The van der Waals surface area contributed by atoms with E-state index < -0.39 is 23.6 Å². The van der Waals surface area contributed by atoms with Gasteiger partial charge in [0.2, 0.25) is 5.78 Å². The summed E-state index contributed by atoms with van der Waals surface area (Å²) in [6, 6.07) is 8.62. The molecular formula is C28H34O5. The molecular weight excluding hydrogens is 416 g/mol. The van der Waals surface area contributed by atoms with Crippen LogP contribution in [-0.4, -0.2) is 34.9 Å². The SMILES string of the molecule is CC12CCC(=O)C=C1CCC1C2CCC2(C)C1CCC2(O)C(=O)COC(=O)c1ccccc1. The van der Waals surface area contributed by atoms with Crippen LogP contribution in [0.15, 0.2) is 42.0 Å². The van der Waals surface area contributed by atoms with Crippen LogP contribution in [0, 0.1) is 28.6 Å². The maximum absolute atomic E-state index is 13.3. The molecule has 5 heteroatoms. The van der Waals surface area contributed by atoms with E-state index in [1.165, 1.54) is 5.57 Å². The summed E-state index contributed by atoms with van der Waals surface area (Å²) in [5.74, 6) is 0.562. The van der Waals surface area contributed by atoms with Gasteiger partial charge >= 0.3 is 5.97 Å². The summed E-state index contributed by atoms with van der Waals surface area (Å²) in [6.07, 6.45) is 8.40. The van der Waals surface area contributed by atoms with Gasteiger partial charge in [0.1, 0.15) is 5.60 Å². The van der Waals surface area contributed by atoms with E-state index in [-0.39, 0.29) is 22.9 Å². The number of allylic oxidation sites excluding steroid dienone is 1. The number of ether oxygens (including phenoxy) is 1. The third kappa shape index (κ3) is 3.34. The van der Waals surface area contributed by atoms with Crippen LogP contribution in [0.2, 0.25) is 0 Å². The van der Waals surface area contributed by atoms with Crippen molar-refractivity contribution in [1.29, 1.82) is 0 Å². The number of hydrogen-bond donors (Lipinski definition) is 1. The van der Waals surface area contributed by atoms with E-state index in [1.54, 1.807) is 24.3 Å². The van der Waals surface area contributed by atoms with Crippen molar-refractivity contribution in [3.63, 3.8) is 0 Å². The lowest BCUT2D eigenvalue weighted by atomic mass is 9.46. The quantitative estimate of drug-likeness (QED) is 0.674. The molecule has 0 amide bonds. The third-order valence-corrected chi connectivity index (χ3v) is 9.92. The van der Waals surface area contributed by atoms with Crippen molar-refractivity contribution >= 4 is 17.5 Å². The van der Waals surface area contributed by atoms with Gasteiger partial charge in [0.25, 0.3) is 0 Å². The molecule has 3 fully saturated rings. The first-order valence-electron chi connectivity index (χ1n) is 12.4. The van der Waals surface area contributed by atoms with Gasteiger partial charge in [-0.2, -0.15) is 0 Å². The third-order valence-electron chi connectivity index (χ3n) is 9.92. The highest BCUT2D eigenvalue weighted by Crippen LogP contribution is 2.67. The second-order valence-electron chi connectivity index (χ2n) is 11.2. The van der Waals surface area contributed by atoms with Crippen molar-refractivity contribution in [2.75, 3.05) is 6.61 Å². The number of benzene rings is 1. The van der Waals surface area contributed by atoms with E-state index in [2.05, 4.69) is 13.8 Å². The van der Waals surface area contributed by atoms with Gasteiger partial charge in [-0.1, -0.05) is 37.6 Å². The van der Waals surface area contributed by atoms with Gasteiger partial charge in [-0.3, -0.25) is 9.59 Å². The topological polar surface area (TPSA) is 80.7 Å². The largest absolute Gasteiger partial charge is 0.454 e. The van der Waals surface area contributed by atoms with Crippen molar-refractivity contribution in [3.8, 4) is 0 Å². The number of fused-ring (bicyclic) bond motifs is 5. The van der Waals surface area contributed by atoms with Gasteiger partial charge in [-0.25, -0.2) is 4.79 Å². The average molecular weight is 451 g/mol. The number of aliphatic hydroxyl groups is 1. The predicted molar refractivity (Wildman–Crippen MR) is 123 cm³/mol. The van der Waals surface area contributed by atoms with E-state index in [9.17, 15) is 19.5 Å². The van der Waals surface area contributed by atoms with Crippen molar-refractivity contribution < 1.29 is 24.2 Å². The van der Waals surface area contributed by atoms with Gasteiger partial charge in [-0.05, 0) is 86.3 Å². The lowest BCUT2D eigenvalue weighted by Crippen LogP contribution is -2.58. The number of carbonyl (C=O) groups excluding carboxylic acids is 3. The zero-order chi connectivity index (χ0) is 23.4. The molecule has 0 radical (unpaired) electrons. The Hall–Kier alpha value is -2.27. The molecule has 3 saturated carbocycles. The van der Waals surface area contributed by atoms with Crippen LogP contribution < -0.4 is 0 Å². The standard InChI is InChI=1S/C28H34O5/c1-26-13-10-20(29)16-19(26)8-9-21-22(26)11-14-27(2)23(21)12-15-28(27,32)24(30)17-33-25(31)18-6-4-3-5-7-18/h3-7,16,21-23,32H,8-15,17H2,1-2H3. The van der Waals surface area contributed by atoms with Crippen molar-refractivity contribution in [2.24, 2.45) is 28.6 Å². The minimum atomic E-state index is -1.46. The maximum Gasteiger partial charge on any atom is 0.338 e. The molecule has 0 aliphatic heterocycles. The molecule has 176 valence electrons. The highest BCUT2D eigenvalue weighted by atomic mass is 16.5. The first-order chi connectivity index (χ1) is 15.7. The van der Waals surface area contributed by atoms with Crippen molar-refractivity contribution in [1.82, 2.24) is 0 Å². The van der Waals surface area contributed by atoms with E-state index in [4.69, 9.17) is 4.74 Å². The molecule has 0 saturated heterocycles. The van der Waals surface area contributed by atoms with Crippen LogP contribution in [0.1, 0.15) is 75.6 Å². The zero-order valence-corrected chi connectivity index (χ0v) is 19.6. The number of esters is 1. The van der Waals surface area contributed by atoms with Gasteiger partial charge in [0.05, 0.1) is 5.56 Å². The first-order valence-corrected chi connectivity index (χ1v) is 12.4. The molecule has 0 aromatic heterocycles. The van der Waals surface area contributed by atoms with Crippen LogP contribution in [0.3, 0.4) is 0 Å². The van der Waals surface area contributed by atoms with Crippen LogP contribution in [0.25, 0.3) is 0 Å². The average Bonchev–Trinajstić information content (AvgIpc) is 3.10. The first kappa shape index (κ1) is 22.5. The van der Waals surface area contributed by atoms with Gasteiger partial charge in [0.15, 0.2) is 12.4 Å². The fraction of sp³-hybridized carbons (Fsp3) is 0.607. The Bertz CT molecular complexity index is 1010. The summed E-state index contributed by atoms with van der Waals surface area (Å²) < 4.78 is 5.31. The molecule has 1 N–H and O–H groups in total. The molecule has 5 rings (SSSR count). The second kappa shape index (κ2) is 7.90. The van der Waals surface area contributed by atoms with E-state index in [1.807, 2.05) is 12.1 Å². The number of hydrogen-bond acceptors (Lipinski definition) is 5. The van der Waals surface area contributed by atoms with Gasteiger partial charge in [-0.15, -0.1) is 0 Å². The van der Waals surface area contributed by atoms with Crippen LogP contribution >= 0.6 is 0 Å². The minimum absolute atomic E-state index is 0.0636. The fourth-order valence-electron chi connectivity index (χ4n) is 7.94. The van der Waals surface area contributed by atoms with Crippen LogP contribution in [0.4, 0.5) is 0 Å². The normalized spacial score (nSPS) is 39.7. The smallest absolute Gasteiger partial charge is 0.338 e. The minimum Gasteiger partial charge on any atom is -0.454 e. The number of ketones is 2. The summed E-state index contributed by atoms with van der Waals surface area (Å²) in [5, 5.41) is 11.7. The molecule has 1 aromatic rings. The van der Waals surface area contributed by atoms with Gasteiger partial charge < -0.3 is 9.84 Å². The molecule has 33 heavy (non-hydrogen) atoms. The Morgan fingerprint density at radius 3 is 2.48 bits per heavy atom.